The van der Waals surface area contributed by atoms with E-state index in [4.69, 9.17) is 5.11 Å². The Morgan fingerprint density at radius 1 is 0.972 bits per heavy atom. The summed E-state index contributed by atoms with van der Waals surface area (Å²) in [6.45, 7) is 5.75. The molecule has 3 amide bonds. The monoisotopic (exact) mass is 495 g/mol. The van der Waals surface area contributed by atoms with E-state index in [9.17, 15) is 24.0 Å². The van der Waals surface area contributed by atoms with E-state index in [1.54, 1.807) is 30.3 Å². The first kappa shape index (κ1) is 28.2. The van der Waals surface area contributed by atoms with Crippen molar-refractivity contribution in [2.45, 2.75) is 58.4 Å². The van der Waals surface area contributed by atoms with E-state index in [2.05, 4.69) is 16.0 Å². The van der Waals surface area contributed by atoms with Crippen molar-refractivity contribution < 1.29 is 29.1 Å². The van der Waals surface area contributed by atoms with Crippen LogP contribution in [0.4, 0.5) is 5.69 Å². The number of carbonyl (C=O) groups is 5. The lowest BCUT2D eigenvalue weighted by molar-refractivity contribution is -0.139. The number of amides is 3. The van der Waals surface area contributed by atoms with Crippen LogP contribution in [-0.4, -0.2) is 47.7 Å². The third-order valence-corrected chi connectivity index (χ3v) is 5.81. The molecule has 0 heterocycles. The zero-order valence-electron chi connectivity index (χ0n) is 20.8. The van der Waals surface area contributed by atoms with Crippen LogP contribution in [0, 0.1) is 13.8 Å². The number of hydrogen-bond donors (Lipinski definition) is 4. The molecule has 0 saturated heterocycles. The maximum absolute atomic E-state index is 13.0. The normalized spacial score (nSPS) is 12.2. The first-order valence-electron chi connectivity index (χ1n) is 11.8. The van der Waals surface area contributed by atoms with Gasteiger partial charge in [-0.2, -0.15) is 0 Å². The predicted octanol–water partition coefficient (Wildman–Crippen LogP) is 3.10. The minimum Gasteiger partial charge on any atom is -0.481 e. The highest BCUT2D eigenvalue weighted by Crippen LogP contribution is 2.24. The van der Waals surface area contributed by atoms with E-state index in [-0.39, 0.29) is 11.8 Å². The van der Waals surface area contributed by atoms with Crippen LogP contribution >= 0.6 is 0 Å². The number of carboxylic acid groups (broad SMARTS) is 1. The van der Waals surface area contributed by atoms with Gasteiger partial charge in [-0.15, -0.1) is 0 Å². The second-order valence-electron chi connectivity index (χ2n) is 8.76. The Balaban J connectivity index is 2.01. The van der Waals surface area contributed by atoms with Gasteiger partial charge in [-0.3, -0.25) is 19.2 Å². The molecular formula is C27H33N3O6. The van der Waals surface area contributed by atoms with Crippen LogP contribution in [0.15, 0.2) is 42.5 Å². The highest BCUT2D eigenvalue weighted by Gasteiger charge is 2.24. The third kappa shape index (κ3) is 8.98. The highest BCUT2D eigenvalue weighted by molar-refractivity contribution is 5.94. The lowest BCUT2D eigenvalue weighted by atomic mass is 9.92. The summed E-state index contributed by atoms with van der Waals surface area (Å²) in [6, 6.07) is 11.2. The first-order chi connectivity index (χ1) is 17.1. The van der Waals surface area contributed by atoms with Crippen molar-refractivity contribution in [2.24, 2.45) is 0 Å². The molecule has 0 spiro atoms. The van der Waals surface area contributed by atoms with Gasteiger partial charge in [-0.05, 0) is 67.6 Å². The summed E-state index contributed by atoms with van der Waals surface area (Å²) in [5, 5.41) is 17.0. The largest absolute Gasteiger partial charge is 0.481 e. The van der Waals surface area contributed by atoms with E-state index in [1.807, 2.05) is 26.0 Å². The fraction of sp³-hybridized carbons (Fsp3) is 0.370. The van der Waals surface area contributed by atoms with Gasteiger partial charge in [-0.1, -0.05) is 24.6 Å². The number of aldehydes is 1. The topological polar surface area (TPSA) is 142 Å². The molecule has 2 aromatic carbocycles. The molecule has 4 N–H and O–H groups in total. The van der Waals surface area contributed by atoms with Crippen LogP contribution in [-0.2, 0) is 19.2 Å². The number of hydrogen-bond acceptors (Lipinski definition) is 5. The van der Waals surface area contributed by atoms with Crippen molar-refractivity contribution in [3.63, 3.8) is 0 Å². The molecule has 0 bridgehead atoms. The molecule has 192 valence electrons. The first-order valence-corrected chi connectivity index (χ1v) is 11.8. The minimum absolute atomic E-state index is 0.163. The number of unbranched alkanes of at least 4 members (excludes halogenated alkanes) is 1. The zero-order valence-corrected chi connectivity index (χ0v) is 20.8. The number of benzene rings is 2. The zero-order chi connectivity index (χ0) is 26.7. The molecule has 9 heteroatoms. The number of carboxylic acids is 1. The molecule has 2 atom stereocenters. The summed E-state index contributed by atoms with van der Waals surface area (Å²) in [5.74, 6) is -2.67. The van der Waals surface area contributed by atoms with E-state index < -0.39 is 30.3 Å². The number of carbonyl (C=O) groups excluding carboxylic acids is 4. The Morgan fingerprint density at radius 3 is 2.25 bits per heavy atom. The van der Waals surface area contributed by atoms with Crippen molar-refractivity contribution in [3.8, 4) is 0 Å². The minimum atomic E-state index is -1.19. The third-order valence-electron chi connectivity index (χ3n) is 5.81. The van der Waals surface area contributed by atoms with Crippen molar-refractivity contribution in [1.29, 1.82) is 0 Å². The molecule has 2 unspecified atom stereocenters. The fourth-order valence-electron chi connectivity index (χ4n) is 3.72. The van der Waals surface area contributed by atoms with Gasteiger partial charge < -0.3 is 25.9 Å². The molecule has 2 rings (SSSR count). The number of aryl methyl sites for hydroxylation is 2. The summed E-state index contributed by atoms with van der Waals surface area (Å²) in [6.07, 6.45) is 1.54. The van der Waals surface area contributed by atoms with Crippen LogP contribution in [0.25, 0.3) is 0 Å². The van der Waals surface area contributed by atoms with Gasteiger partial charge in [-0.25, -0.2) is 0 Å². The van der Waals surface area contributed by atoms with Gasteiger partial charge in [0.2, 0.25) is 11.8 Å². The average molecular weight is 496 g/mol. The molecule has 2 aromatic rings. The molecular weight excluding hydrogens is 462 g/mol. The van der Waals surface area contributed by atoms with Crippen molar-refractivity contribution in [2.75, 3.05) is 11.9 Å². The number of nitrogens with one attached hydrogen (secondary N) is 3. The van der Waals surface area contributed by atoms with Crippen LogP contribution in [0.2, 0.25) is 0 Å². The quantitative estimate of drug-likeness (QED) is 0.249. The van der Waals surface area contributed by atoms with Gasteiger partial charge in [0.1, 0.15) is 6.29 Å². The molecule has 0 aliphatic heterocycles. The van der Waals surface area contributed by atoms with Gasteiger partial charge in [0.15, 0.2) is 0 Å². The summed E-state index contributed by atoms with van der Waals surface area (Å²) in [5.41, 5.74) is 3.99. The predicted molar refractivity (Wildman–Crippen MR) is 136 cm³/mol. The van der Waals surface area contributed by atoms with Crippen molar-refractivity contribution in [1.82, 2.24) is 10.6 Å². The summed E-state index contributed by atoms with van der Waals surface area (Å²) < 4.78 is 0. The smallest absolute Gasteiger partial charge is 0.305 e. The number of rotatable bonds is 13. The maximum atomic E-state index is 13.0. The highest BCUT2D eigenvalue weighted by atomic mass is 16.4. The standard InChI is InChI=1S/C27H33N3O6/c1-17-7-8-21(14-18(17)2)26(35)28-13-5-4-6-24(27(36)30-23(16-31)15-25(33)34)20-9-11-22(12-10-20)29-19(3)32/h7-12,14,16,23-24H,4-6,13,15H2,1-3H3,(H,28,35)(H,29,32)(H,30,36)(H,33,34). The second kappa shape index (κ2) is 13.8. The summed E-state index contributed by atoms with van der Waals surface area (Å²) in [7, 11) is 0. The Morgan fingerprint density at radius 2 is 1.67 bits per heavy atom. The summed E-state index contributed by atoms with van der Waals surface area (Å²) >= 11 is 0. The second-order valence-corrected chi connectivity index (χ2v) is 8.76. The lowest BCUT2D eigenvalue weighted by Crippen LogP contribution is -2.40. The Bertz CT molecular complexity index is 1100. The van der Waals surface area contributed by atoms with Crippen LogP contribution < -0.4 is 16.0 Å². The molecule has 9 nitrogen and oxygen atoms in total. The Kier molecular flexibility index (Phi) is 10.8. The van der Waals surface area contributed by atoms with E-state index in [0.29, 0.717) is 48.9 Å². The molecule has 0 aliphatic carbocycles. The van der Waals surface area contributed by atoms with Gasteiger partial charge >= 0.3 is 5.97 Å². The molecule has 0 aliphatic rings. The van der Waals surface area contributed by atoms with Gasteiger partial charge in [0, 0.05) is 24.7 Å². The van der Waals surface area contributed by atoms with Crippen molar-refractivity contribution >= 4 is 35.7 Å². The molecule has 0 saturated carbocycles. The molecule has 0 fully saturated rings. The fourth-order valence-corrected chi connectivity index (χ4v) is 3.72. The number of aliphatic carboxylic acids is 1. The number of anilines is 1. The Hall–Kier alpha value is -4.01. The summed E-state index contributed by atoms with van der Waals surface area (Å²) in [4.78, 5) is 58.9. The van der Waals surface area contributed by atoms with E-state index in [0.717, 1.165) is 11.1 Å². The van der Waals surface area contributed by atoms with E-state index in [1.165, 1.54) is 6.92 Å². The van der Waals surface area contributed by atoms with Crippen LogP contribution in [0.5, 0.6) is 0 Å². The lowest BCUT2D eigenvalue weighted by Gasteiger charge is -2.20. The SMILES string of the molecule is CC(=O)Nc1ccc(C(CCCCNC(=O)c2ccc(C)c(C)c2)C(=O)NC(C=O)CC(=O)O)cc1. The van der Waals surface area contributed by atoms with Gasteiger partial charge in [0.05, 0.1) is 18.4 Å². The average Bonchev–Trinajstić information content (AvgIpc) is 2.82. The molecule has 36 heavy (non-hydrogen) atoms. The van der Waals surface area contributed by atoms with E-state index >= 15 is 0 Å². The maximum Gasteiger partial charge on any atom is 0.305 e. The Labute approximate surface area is 210 Å². The van der Waals surface area contributed by atoms with Crippen LogP contribution in [0.3, 0.4) is 0 Å². The van der Waals surface area contributed by atoms with Crippen LogP contribution in [0.1, 0.15) is 65.6 Å². The van der Waals surface area contributed by atoms with Gasteiger partial charge in [0.25, 0.3) is 5.91 Å². The molecule has 0 radical (unpaired) electrons. The molecule has 0 aromatic heterocycles. The van der Waals surface area contributed by atoms with Crippen molar-refractivity contribution in [3.05, 3.63) is 64.7 Å².